The maximum absolute atomic E-state index is 11.2. The topological polar surface area (TPSA) is 56.1 Å². The fraction of sp³-hybridized carbons (Fsp3) is 0.529. The van der Waals surface area contributed by atoms with Crippen molar-refractivity contribution in [3.05, 3.63) is 35.4 Å². The van der Waals surface area contributed by atoms with E-state index in [9.17, 15) is 4.79 Å². The molecular formula is C17H23N3O. The Hall–Kier alpha value is -1.86. The Morgan fingerprint density at radius 1 is 1.33 bits per heavy atom. The molecule has 1 aromatic carbocycles. The van der Waals surface area contributed by atoms with Crippen molar-refractivity contribution >= 4 is 5.91 Å². The molecule has 1 unspecified atom stereocenters. The van der Waals surface area contributed by atoms with Crippen LogP contribution in [0.3, 0.4) is 0 Å². The predicted molar refractivity (Wildman–Crippen MR) is 82.2 cm³/mol. The van der Waals surface area contributed by atoms with Crippen molar-refractivity contribution in [1.82, 2.24) is 10.2 Å². The van der Waals surface area contributed by atoms with Gasteiger partial charge < -0.3 is 5.32 Å². The van der Waals surface area contributed by atoms with Crippen LogP contribution in [-0.4, -0.2) is 23.4 Å². The molecule has 2 rings (SSSR count). The molecule has 1 heterocycles. The summed E-state index contributed by atoms with van der Waals surface area (Å²) in [6.07, 6.45) is 3.86. The number of piperidine rings is 1. The molecule has 1 aliphatic heterocycles. The van der Waals surface area contributed by atoms with Crippen LogP contribution in [0.4, 0.5) is 0 Å². The summed E-state index contributed by atoms with van der Waals surface area (Å²) in [6.45, 7) is 4.98. The lowest BCUT2D eigenvalue weighted by molar-refractivity contribution is -0.120. The average Bonchev–Trinajstić information content (AvgIpc) is 2.49. The second kappa shape index (κ2) is 7.80. The number of likely N-dealkylation sites (tertiary alicyclic amines) is 1. The highest BCUT2D eigenvalue weighted by Crippen LogP contribution is 2.19. The van der Waals surface area contributed by atoms with Crippen LogP contribution in [0, 0.1) is 11.3 Å². The number of nitrogens with zero attached hydrogens (tertiary/aromatic N) is 2. The first-order chi connectivity index (χ1) is 10.2. The molecule has 0 saturated carbocycles. The van der Waals surface area contributed by atoms with Gasteiger partial charge in [0.2, 0.25) is 5.91 Å². The Labute approximate surface area is 126 Å². The number of carbonyl (C=O) groups excluding carboxylic acids is 1. The molecule has 1 aromatic rings. The van der Waals surface area contributed by atoms with Crippen LogP contribution in [0.15, 0.2) is 24.3 Å². The van der Waals surface area contributed by atoms with E-state index in [1.807, 2.05) is 6.07 Å². The number of benzene rings is 1. The van der Waals surface area contributed by atoms with E-state index >= 15 is 0 Å². The standard InChI is InChI=1S/C17H23N3O/c1-14-4-2-3-11-20(14)13-16-7-5-15(6-8-16)12-19-17(21)9-10-18/h5-8,14H,2-4,9,11-13H2,1H3,(H,19,21). The van der Waals surface area contributed by atoms with E-state index < -0.39 is 0 Å². The summed E-state index contributed by atoms with van der Waals surface area (Å²) >= 11 is 0. The van der Waals surface area contributed by atoms with E-state index in [0.29, 0.717) is 12.6 Å². The number of hydrogen-bond acceptors (Lipinski definition) is 3. The van der Waals surface area contributed by atoms with Gasteiger partial charge in [-0.2, -0.15) is 5.26 Å². The highest BCUT2D eigenvalue weighted by Gasteiger charge is 2.17. The van der Waals surface area contributed by atoms with Gasteiger partial charge in [-0.1, -0.05) is 30.7 Å². The molecule has 112 valence electrons. The second-order valence-electron chi connectivity index (χ2n) is 5.74. The van der Waals surface area contributed by atoms with E-state index in [-0.39, 0.29) is 12.3 Å². The monoisotopic (exact) mass is 285 g/mol. The summed E-state index contributed by atoms with van der Waals surface area (Å²) in [5.74, 6) is -0.219. The molecule has 1 N–H and O–H groups in total. The average molecular weight is 285 g/mol. The molecule has 0 bridgehead atoms. The van der Waals surface area contributed by atoms with Gasteiger partial charge in [-0.25, -0.2) is 0 Å². The molecule has 0 spiro atoms. The van der Waals surface area contributed by atoms with Crippen LogP contribution < -0.4 is 5.32 Å². The molecule has 21 heavy (non-hydrogen) atoms. The number of nitrogens with one attached hydrogen (secondary N) is 1. The van der Waals surface area contributed by atoms with Crippen LogP contribution in [0.1, 0.15) is 43.7 Å². The van der Waals surface area contributed by atoms with E-state index in [2.05, 4.69) is 41.4 Å². The molecule has 1 amide bonds. The molecule has 4 heteroatoms. The van der Waals surface area contributed by atoms with Crippen molar-refractivity contribution in [3.63, 3.8) is 0 Å². The summed E-state index contributed by atoms with van der Waals surface area (Å²) in [6, 6.07) is 10.9. The Kier molecular flexibility index (Phi) is 5.77. The van der Waals surface area contributed by atoms with Crippen molar-refractivity contribution in [2.75, 3.05) is 6.54 Å². The van der Waals surface area contributed by atoms with Crippen molar-refractivity contribution < 1.29 is 4.79 Å². The largest absolute Gasteiger partial charge is 0.351 e. The third-order valence-electron chi connectivity index (χ3n) is 4.08. The minimum Gasteiger partial charge on any atom is -0.351 e. The lowest BCUT2D eigenvalue weighted by Gasteiger charge is -2.33. The Balaban J connectivity index is 1.84. The lowest BCUT2D eigenvalue weighted by atomic mass is 10.0. The third kappa shape index (κ3) is 4.87. The quantitative estimate of drug-likeness (QED) is 0.904. The van der Waals surface area contributed by atoms with Gasteiger partial charge in [-0.05, 0) is 37.4 Å². The SMILES string of the molecule is CC1CCCCN1Cc1ccc(CNC(=O)CC#N)cc1. The first-order valence-electron chi connectivity index (χ1n) is 7.64. The lowest BCUT2D eigenvalue weighted by Crippen LogP contribution is -2.36. The number of amides is 1. The molecule has 1 atom stereocenters. The second-order valence-corrected chi connectivity index (χ2v) is 5.74. The fourth-order valence-electron chi connectivity index (χ4n) is 2.72. The van der Waals surface area contributed by atoms with Crippen molar-refractivity contribution in [3.8, 4) is 6.07 Å². The smallest absolute Gasteiger partial charge is 0.234 e. The number of rotatable bonds is 5. The molecule has 0 aliphatic carbocycles. The molecule has 0 radical (unpaired) electrons. The van der Waals surface area contributed by atoms with E-state index in [1.165, 1.54) is 31.4 Å². The normalized spacial score (nSPS) is 19.0. The first kappa shape index (κ1) is 15.5. The van der Waals surface area contributed by atoms with Crippen LogP contribution in [0.2, 0.25) is 0 Å². The summed E-state index contributed by atoms with van der Waals surface area (Å²) in [7, 11) is 0. The van der Waals surface area contributed by atoms with Crippen molar-refractivity contribution in [2.45, 2.75) is 51.7 Å². The van der Waals surface area contributed by atoms with Gasteiger partial charge in [-0.15, -0.1) is 0 Å². The number of nitriles is 1. The Morgan fingerprint density at radius 2 is 2.05 bits per heavy atom. The molecule has 4 nitrogen and oxygen atoms in total. The highest BCUT2D eigenvalue weighted by molar-refractivity contribution is 5.77. The molecule has 1 saturated heterocycles. The third-order valence-corrected chi connectivity index (χ3v) is 4.08. The predicted octanol–water partition coefficient (Wildman–Crippen LogP) is 2.59. The number of hydrogen-bond donors (Lipinski definition) is 1. The van der Waals surface area contributed by atoms with E-state index in [1.54, 1.807) is 0 Å². The summed E-state index contributed by atoms with van der Waals surface area (Å²) < 4.78 is 0. The van der Waals surface area contributed by atoms with Gasteiger partial charge in [0.15, 0.2) is 0 Å². The van der Waals surface area contributed by atoms with Gasteiger partial charge in [0.05, 0.1) is 6.07 Å². The van der Waals surface area contributed by atoms with E-state index in [4.69, 9.17) is 5.26 Å². The summed E-state index contributed by atoms with van der Waals surface area (Å²) in [5.41, 5.74) is 2.38. The minimum absolute atomic E-state index is 0.0784. The fourth-order valence-corrected chi connectivity index (χ4v) is 2.72. The van der Waals surface area contributed by atoms with Crippen molar-refractivity contribution in [2.24, 2.45) is 0 Å². The zero-order valence-corrected chi connectivity index (χ0v) is 12.6. The van der Waals surface area contributed by atoms with E-state index in [0.717, 1.165) is 12.1 Å². The van der Waals surface area contributed by atoms with Gasteiger partial charge >= 0.3 is 0 Å². The van der Waals surface area contributed by atoms with Gasteiger partial charge in [0.1, 0.15) is 6.42 Å². The van der Waals surface area contributed by atoms with Gasteiger partial charge in [-0.3, -0.25) is 9.69 Å². The van der Waals surface area contributed by atoms with Gasteiger partial charge in [0, 0.05) is 19.1 Å². The maximum atomic E-state index is 11.2. The zero-order chi connectivity index (χ0) is 15.1. The Morgan fingerprint density at radius 3 is 2.71 bits per heavy atom. The molecule has 1 fully saturated rings. The zero-order valence-electron chi connectivity index (χ0n) is 12.6. The Bertz CT molecular complexity index is 504. The molecular weight excluding hydrogens is 262 g/mol. The summed E-state index contributed by atoms with van der Waals surface area (Å²) in [4.78, 5) is 13.8. The maximum Gasteiger partial charge on any atom is 0.234 e. The minimum atomic E-state index is -0.219. The molecule has 1 aliphatic rings. The highest BCUT2D eigenvalue weighted by atomic mass is 16.1. The van der Waals surface area contributed by atoms with Gasteiger partial charge in [0.25, 0.3) is 0 Å². The molecule has 0 aromatic heterocycles. The van der Waals surface area contributed by atoms with Crippen LogP contribution >= 0.6 is 0 Å². The first-order valence-corrected chi connectivity index (χ1v) is 7.64. The van der Waals surface area contributed by atoms with Crippen LogP contribution in [-0.2, 0) is 17.9 Å². The van der Waals surface area contributed by atoms with Crippen LogP contribution in [0.25, 0.3) is 0 Å². The van der Waals surface area contributed by atoms with Crippen molar-refractivity contribution in [1.29, 1.82) is 5.26 Å². The summed E-state index contributed by atoms with van der Waals surface area (Å²) in [5, 5.41) is 11.2. The van der Waals surface area contributed by atoms with Crippen LogP contribution in [0.5, 0.6) is 0 Å². The number of carbonyl (C=O) groups is 1.